The van der Waals surface area contributed by atoms with E-state index in [2.05, 4.69) is 15.5 Å². The molecular weight excluding hydrogens is 393 g/mol. The first-order valence-electron chi connectivity index (χ1n) is 9.11. The van der Waals surface area contributed by atoms with Gasteiger partial charge in [-0.25, -0.2) is 9.07 Å². The van der Waals surface area contributed by atoms with Gasteiger partial charge in [0.25, 0.3) is 0 Å². The predicted octanol–water partition coefficient (Wildman–Crippen LogP) is 3.24. The number of nitrogens with one attached hydrogen (secondary N) is 1. The molecule has 7 nitrogen and oxygen atoms in total. The molecule has 0 radical (unpaired) electrons. The van der Waals surface area contributed by atoms with Crippen molar-refractivity contribution in [1.29, 1.82) is 0 Å². The average molecular weight is 415 g/mol. The minimum atomic E-state index is -0.463. The highest BCUT2D eigenvalue weighted by Gasteiger charge is 2.20. The van der Waals surface area contributed by atoms with Crippen LogP contribution in [0.2, 0.25) is 0 Å². The van der Waals surface area contributed by atoms with Crippen LogP contribution in [0.25, 0.3) is 0 Å². The van der Waals surface area contributed by atoms with Crippen LogP contribution in [0.5, 0.6) is 5.75 Å². The first-order chi connectivity index (χ1) is 14.0. The van der Waals surface area contributed by atoms with Crippen molar-refractivity contribution in [2.45, 2.75) is 30.7 Å². The zero-order chi connectivity index (χ0) is 20.8. The number of hydrogen-bond acceptors (Lipinski definition) is 6. The number of hydrogen-bond donors (Lipinski definition) is 2. The van der Waals surface area contributed by atoms with Crippen LogP contribution in [0.3, 0.4) is 0 Å². The number of nitrogens with two attached hydrogens (primary N) is 1. The quantitative estimate of drug-likeness (QED) is 0.433. The van der Waals surface area contributed by atoms with E-state index in [9.17, 15) is 9.18 Å². The maximum absolute atomic E-state index is 13.0. The van der Waals surface area contributed by atoms with Crippen molar-refractivity contribution in [2.24, 2.45) is 0 Å². The van der Waals surface area contributed by atoms with Gasteiger partial charge in [0.2, 0.25) is 11.1 Å². The number of rotatable bonds is 8. The lowest BCUT2D eigenvalue weighted by atomic mass is 10.1. The summed E-state index contributed by atoms with van der Waals surface area (Å²) in [7, 11) is 0. The molecule has 29 heavy (non-hydrogen) atoms. The summed E-state index contributed by atoms with van der Waals surface area (Å²) in [5, 5.41) is 11.0. The highest BCUT2D eigenvalue weighted by Crippen LogP contribution is 2.27. The number of carbonyl (C=O) groups is 1. The number of anilines is 1. The Morgan fingerprint density at radius 2 is 1.97 bits per heavy atom. The highest BCUT2D eigenvalue weighted by atomic mass is 32.2. The first-order valence-corrected chi connectivity index (χ1v) is 9.99. The van der Waals surface area contributed by atoms with Crippen molar-refractivity contribution in [1.82, 2.24) is 14.9 Å². The van der Waals surface area contributed by atoms with Gasteiger partial charge in [0.05, 0.1) is 17.5 Å². The van der Waals surface area contributed by atoms with Crippen LogP contribution < -0.4 is 15.9 Å². The molecule has 2 aromatic carbocycles. The number of benzene rings is 2. The zero-order valence-electron chi connectivity index (χ0n) is 16.1. The predicted molar refractivity (Wildman–Crippen MR) is 111 cm³/mol. The maximum atomic E-state index is 13.0. The molecule has 0 bridgehead atoms. The molecule has 1 amide bonds. The summed E-state index contributed by atoms with van der Waals surface area (Å²) < 4.78 is 19.9. The molecular formula is C20H22FN5O2S. The van der Waals surface area contributed by atoms with Crippen molar-refractivity contribution in [3.8, 4) is 5.75 Å². The van der Waals surface area contributed by atoms with Crippen molar-refractivity contribution in [2.75, 3.05) is 17.8 Å². The van der Waals surface area contributed by atoms with Crippen LogP contribution in [0.1, 0.15) is 25.2 Å². The normalized spacial score (nSPS) is 11.8. The second-order valence-corrected chi connectivity index (χ2v) is 7.56. The Balaban J connectivity index is 1.64. The van der Waals surface area contributed by atoms with Gasteiger partial charge in [-0.2, -0.15) is 0 Å². The molecule has 0 aliphatic heterocycles. The first kappa shape index (κ1) is 20.7. The Labute approximate surface area is 172 Å². The Kier molecular flexibility index (Phi) is 6.71. The second-order valence-electron chi connectivity index (χ2n) is 6.25. The van der Waals surface area contributed by atoms with E-state index in [1.54, 1.807) is 31.2 Å². The van der Waals surface area contributed by atoms with Gasteiger partial charge < -0.3 is 15.9 Å². The summed E-state index contributed by atoms with van der Waals surface area (Å²) in [6, 6.07) is 13.4. The lowest BCUT2D eigenvalue weighted by Crippen LogP contribution is -2.24. The molecule has 0 saturated heterocycles. The number of amides is 1. The van der Waals surface area contributed by atoms with Gasteiger partial charge in [-0.3, -0.25) is 4.79 Å². The smallest absolute Gasteiger partial charge is 0.237 e. The van der Waals surface area contributed by atoms with Crippen LogP contribution in [-0.2, 0) is 11.2 Å². The number of nitrogens with zero attached hydrogens (tertiary/aromatic N) is 3. The summed E-state index contributed by atoms with van der Waals surface area (Å²) >= 11 is 1.20. The van der Waals surface area contributed by atoms with Gasteiger partial charge in [-0.05, 0) is 43.7 Å². The fraction of sp³-hybridized carbons (Fsp3) is 0.250. The van der Waals surface area contributed by atoms with E-state index in [4.69, 9.17) is 10.6 Å². The molecule has 3 N–H and O–H groups in total. The van der Waals surface area contributed by atoms with Crippen LogP contribution in [0.4, 0.5) is 10.1 Å². The maximum Gasteiger partial charge on any atom is 0.237 e. The third kappa shape index (κ3) is 5.26. The molecule has 3 rings (SSSR count). The summed E-state index contributed by atoms with van der Waals surface area (Å²) in [5.74, 6) is 6.72. The van der Waals surface area contributed by atoms with E-state index in [1.807, 2.05) is 19.1 Å². The average Bonchev–Trinajstić information content (AvgIpc) is 3.05. The fourth-order valence-electron chi connectivity index (χ4n) is 2.59. The number of ether oxygens (including phenoxy) is 1. The summed E-state index contributed by atoms with van der Waals surface area (Å²) in [4.78, 5) is 12.6. The largest absolute Gasteiger partial charge is 0.492 e. The lowest BCUT2D eigenvalue weighted by molar-refractivity contribution is -0.115. The molecule has 9 heteroatoms. The molecule has 152 valence electrons. The summed E-state index contributed by atoms with van der Waals surface area (Å²) in [6.07, 6.45) is 0.409. The molecule has 1 heterocycles. The van der Waals surface area contributed by atoms with E-state index in [0.29, 0.717) is 35.4 Å². The van der Waals surface area contributed by atoms with E-state index >= 15 is 0 Å². The molecule has 0 aliphatic rings. The standard InChI is InChI=1S/C20H22FN5O2S/c1-3-28-17-7-5-4-6-16(17)23-19(27)13(2)29-20-25-24-18(26(20)22)12-14-8-10-15(21)11-9-14/h4-11,13H,3,12,22H2,1-2H3,(H,23,27)/t13-/m0/s1. The third-order valence-corrected chi connectivity index (χ3v) is 5.16. The minimum absolute atomic E-state index is 0.203. The zero-order valence-corrected chi connectivity index (χ0v) is 16.9. The van der Waals surface area contributed by atoms with Crippen molar-refractivity contribution < 1.29 is 13.9 Å². The van der Waals surface area contributed by atoms with Crippen LogP contribution in [0.15, 0.2) is 53.7 Å². The van der Waals surface area contributed by atoms with Gasteiger partial charge >= 0.3 is 0 Å². The molecule has 0 spiro atoms. The third-order valence-electron chi connectivity index (χ3n) is 4.11. The van der Waals surface area contributed by atoms with Crippen LogP contribution in [-0.4, -0.2) is 32.6 Å². The Morgan fingerprint density at radius 1 is 1.24 bits per heavy atom. The minimum Gasteiger partial charge on any atom is -0.492 e. The van der Waals surface area contributed by atoms with Gasteiger partial charge in [-0.15, -0.1) is 10.2 Å². The number of halogens is 1. The number of aromatic nitrogens is 3. The summed E-state index contributed by atoms with van der Waals surface area (Å²) in [5.41, 5.74) is 1.47. The Hall–Kier alpha value is -3.07. The molecule has 1 atom stereocenters. The van der Waals surface area contributed by atoms with E-state index < -0.39 is 5.25 Å². The molecule has 0 unspecified atom stereocenters. The van der Waals surface area contributed by atoms with Crippen LogP contribution in [0, 0.1) is 5.82 Å². The molecule has 0 fully saturated rings. The van der Waals surface area contributed by atoms with Crippen molar-refractivity contribution in [3.63, 3.8) is 0 Å². The van der Waals surface area contributed by atoms with E-state index in [-0.39, 0.29) is 11.7 Å². The molecule has 1 aromatic heterocycles. The second kappa shape index (κ2) is 9.42. The van der Waals surface area contributed by atoms with Crippen LogP contribution >= 0.6 is 11.8 Å². The Morgan fingerprint density at radius 3 is 2.69 bits per heavy atom. The summed E-state index contributed by atoms with van der Waals surface area (Å²) in [6.45, 7) is 4.15. The SMILES string of the molecule is CCOc1ccccc1NC(=O)[C@H](C)Sc1nnc(Cc2ccc(F)cc2)n1N. The van der Waals surface area contributed by atoms with Gasteiger partial charge in [-0.1, -0.05) is 36.0 Å². The highest BCUT2D eigenvalue weighted by molar-refractivity contribution is 8.00. The molecule has 3 aromatic rings. The Bertz CT molecular complexity index is 977. The monoisotopic (exact) mass is 415 g/mol. The van der Waals surface area contributed by atoms with Crippen molar-refractivity contribution >= 4 is 23.4 Å². The van der Waals surface area contributed by atoms with Gasteiger partial charge in [0, 0.05) is 6.42 Å². The number of nitrogen functional groups attached to an aromatic ring is 1. The van der Waals surface area contributed by atoms with E-state index in [0.717, 1.165) is 5.56 Å². The lowest BCUT2D eigenvalue weighted by Gasteiger charge is -2.14. The fourth-order valence-corrected chi connectivity index (χ4v) is 3.38. The van der Waals surface area contributed by atoms with Crippen molar-refractivity contribution in [3.05, 3.63) is 65.7 Å². The van der Waals surface area contributed by atoms with Gasteiger partial charge in [0.1, 0.15) is 11.6 Å². The number of para-hydroxylation sites is 2. The molecule has 0 saturated carbocycles. The van der Waals surface area contributed by atoms with Gasteiger partial charge in [0.15, 0.2) is 5.82 Å². The van der Waals surface area contributed by atoms with E-state index in [1.165, 1.54) is 28.6 Å². The number of carbonyl (C=O) groups excluding carboxylic acids is 1. The molecule has 0 aliphatic carbocycles. The topological polar surface area (TPSA) is 95.1 Å². The number of thioether (sulfide) groups is 1.